The summed E-state index contributed by atoms with van der Waals surface area (Å²) < 4.78 is 5.60. The fraction of sp³-hybridized carbons (Fsp3) is 0.417. The molecule has 2 atom stereocenters. The Morgan fingerprint density at radius 1 is 1.16 bits per heavy atom. The van der Waals surface area contributed by atoms with Crippen LogP contribution in [0, 0.1) is 0 Å². The van der Waals surface area contributed by atoms with Crippen LogP contribution in [0.2, 0.25) is 5.02 Å². The minimum atomic E-state index is -1.10. The van der Waals surface area contributed by atoms with E-state index in [1.807, 2.05) is 17.0 Å². The largest absolute Gasteiger partial charge is 0.478 e. The molecule has 6 nitrogen and oxygen atoms in total. The van der Waals surface area contributed by atoms with E-state index in [4.69, 9.17) is 16.3 Å². The van der Waals surface area contributed by atoms with E-state index in [1.165, 1.54) is 43.2 Å². The predicted molar refractivity (Wildman–Crippen MR) is 118 cm³/mol. The Hall–Kier alpha value is -2.41. The summed E-state index contributed by atoms with van der Waals surface area (Å²) in [5.41, 5.74) is 3.05. The number of halogens is 1. The maximum atomic E-state index is 13.7. The second-order valence-corrected chi connectivity index (χ2v) is 8.57. The van der Waals surface area contributed by atoms with Crippen LogP contribution >= 0.6 is 11.6 Å². The number of carboxylic acids is 1. The summed E-state index contributed by atoms with van der Waals surface area (Å²) in [6, 6.07) is 12.9. The van der Waals surface area contributed by atoms with Gasteiger partial charge in [-0.1, -0.05) is 41.9 Å². The predicted octanol–water partition coefficient (Wildman–Crippen LogP) is 3.95. The van der Waals surface area contributed by atoms with Crippen LogP contribution in [0.25, 0.3) is 0 Å². The molecular weight excluding hydrogens is 416 g/mol. The average Bonchev–Trinajstić information content (AvgIpc) is 3.27. The van der Waals surface area contributed by atoms with Gasteiger partial charge in [0.1, 0.15) is 0 Å². The van der Waals surface area contributed by atoms with Gasteiger partial charge in [-0.05, 0) is 61.2 Å². The number of hydrogen-bond acceptors (Lipinski definition) is 4. The molecule has 0 radical (unpaired) electrons. The lowest BCUT2D eigenvalue weighted by Gasteiger charge is -2.40. The molecule has 1 fully saturated rings. The summed E-state index contributed by atoms with van der Waals surface area (Å²) in [6.45, 7) is 3.54. The first-order valence-corrected chi connectivity index (χ1v) is 11.0. The first-order valence-electron chi connectivity index (χ1n) is 10.7. The second kappa shape index (κ2) is 9.39. The fourth-order valence-corrected chi connectivity index (χ4v) is 4.99. The quantitative estimate of drug-likeness (QED) is 0.733. The van der Waals surface area contributed by atoms with Crippen LogP contribution in [0.5, 0.6) is 0 Å². The molecule has 2 heterocycles. The number of benzene rings is 2. The Bertz CT molecular complexity index is 974. The number of hydrogen-bond donors (Lipinski definition) is 1. The summed E-state index contributed by atoms with van der Waals surface area (Å²) in [6.07, 6.45) is 2.34. The van der Waals surface area contributed by atoms with Gasteiger partial charge < -0.3 is 19.6 Å². The van der Waals surface area contributed by atoms with E-state index >= 15 is 0 Å². The van der Waals surface area contributed by atoms with Crippen LogP contribution < -0.4 is 0 Å². The average molecular weight is 443 g/mol. The number of rotatable bonds is 6. The normalized spacial score (nSPS) is 19.8. The molecule has 0 aliphatic carbocycles. The molecule has 2 aliphatic rings. The topological polar surface area (TPSA) is 70.1 Å². The van der Waals surface area contributed by atoms with Gasteiger partial charge in [-0.3, -0.25) is 4.79 Å². The number of carbonyl (C=O) groups is 2. The minimum absolute atomic E-state index is 0.00604. The smallest absolute Gasteiger partial charge is 0.337 e. The highest BCUT2D eigenvalue weighted by atomic mass is 35.5. The van der Waals surface area contributed by atoms with E-state index in [-0.39, 0.29) is 22.5 Å². The third kappa shape index (κ3) is 4.47. The van der Waals surface area contributed by atoms with E-state index in [0.29, 0.717) is 12.1 Å². The number of nitrogens with zero attached hydrogens (tertiary/aromatic N) is 2. The van der Waals surface area contributed by atoms with Crippen LogP contribution in [-0.4, -0.2) is 60.1 Å². The molecule has 1 N–H and O–H groups in total. The summed E-state index contributed by atoms with van der Waals surface area (Å²) in [7, 11) is 1.49. The van der Waals surface area contributed by atoms with Crippen molar-refractivity contribution in [3.8, 4) is 0 Å². The van der Waals surface area contributed by atoms with Gasteiger partial charge in [-0.25, -0.2) is 4.79 Å². The van der Waals surface area contributed by atoms with Gasteiger partial charge in [0.15, 0.2) is 6.10 Å². The number of aromatic carboxylic acids is 1. The van der Waals surface area contributed by atoms with Crippen LogP contribution in [0.3, 0.4) is 0 Å². The highest BCUT2D eigenvalue weighted by Crippen LogP contribution is 2.35. The van der Waals surface area contributed by atoms with Gasteiger partial charge in [0.05, 0.1) is 16.6 Å². The summed E-state index contributed by atoms with van der Waals surface area (Å²) >= 11 is 6.16. The molecule has 31 heavy (non-hydrogen) atoms. The highest BCUT2D eigenvalue weighted by molar-refractivity contribution is 6.33. The van der Waals surface area contributed by atoms with Crippen molar-refractivity contribution in [2.45, 2.75) is 31.4 Å². The zero-order chi connectivity index (χ0) is 22.0. The number of ether oxygens (including phenoxy) is 1. The molecule has 0 saturated carbocycles. The molecule has 0 aromatic heterocycles. The number of carboxylic acid groups (broad SMARTS) is 1. The molecule has 4 rings (SSSR count). The highest BCUT2D eigenvalue weighted by Gasteiger charge is 2.36. The maximum absolute atomic E-state index is 13.7. The molecule has 0 spiro atoms. The SMILES string of the molecule is COC(C(=O)N1CCc2ccccc2C1CN1CCCC1)c1ccc(C(=O)O)c(Cl)c1. The molecule has 2 aromatic rings. The lowest BCUT2D eigenvalue weighted by atomic mass is 9.91. The van der Waals surface area contributed by atoms with E-state index < -0.39 is 12.1 Å². The number of methoxy groups -OCH3 is 1. The van der Waals surface area contributed by atoms with Crippen molar-refractivity contribution in [3.63, 3.8) is 0 Å². The minimum Gasteiger partial charge on any atom is -0.478 e. The van der Waals surface area contributed by atoms with Crippen molar-refractivity contribution in [2.24, 2.45) is 0 Å². The van der Waals surface area contributed by atoms with Crippen LogP contribution in [0.1, 0.15) is 52.0 Å². The number of fused-ring (bicyclic) bond motifs is 1. The monoisotopic (exact) mass is 442 g/mol. The zero-order valence-electron chi connectivity index (χ0n) is 17.6. The Morgan fingerprint density at radius 2 is 1.90 bits per heavy atom. The Balaban J connectivity index is 1.64. The third-order valence-corrected chi connectivity index (χ3v) is 6.62. The van der Waals surface area contributed by atoms with Crippen molar-refractivity contribution in [1.82, 2.24) is 9.80 Å². The molecule has 2 unspecified atom stereocenters. The van der Waals surface area contributed by atoms with Crippen LogP contribution in [0.15, 0.2) is 42.5 Å². The molecule has 164 valence electrons. The molecule has 1 amide bonds. The van der Waals surface area contributed by atoms with E-state index in [1.54, 1.807) is 6.07 Å². The first-order chi connectivity index (χ1) is 15.0. The zero-order valence-corrected chi connectivity index (χ0v) is 18.3. The van der Waals surface area contributed by atoms with E-state index in [0.717, 1.165) is 26.1 Å². The Morgan fingerprint density at radius 3 is 2.58 bits per heavy atom. The van der Waals surface area contributed by atoms with Gasteiger partial charge in [0, 0.05) is 20.2 Å². The molecular formula is C24H27ClN2O4. The van der Waals surface area contributed by atoms with Gasteiger partial charge in [0.25, 0.3) is 5.91 Å². The number of carbonyl (C=O) groups excluding carboxylic acids is 1. The summed E-state index contributed by atoms with van der Waals surface area (Å²) in [5.74, 6) is -1.23. The molecule has 7 heteroatoms. The third-order valence-electron chi connectivity index (χ3n) is 6.31. The van der Waals surface area contributed by atoms with Crippen molar-refractivity contribution in [2.75, 3.05) is 33.3 Å². The lowest BCUT2D eigenvalue weighted by molar-refractivity contribution is -0.146. The fourth-order valence-electron chi connectivity index (χ4n) is 4.72. The van der Waals surface area contributed by atoms with Crippen molar-refractivity contribution in [3.05, 3.63) is 69.7 Å². The maximum Gasteiger partial charge on any atom is 0.337 e. The summed E-state index contributed by atoms with van der Waals surface area (Å²) in [5, 5.41) is 9.33. The van der Waals surface area contributed by atoms with Crippen molar-refractivity contribution < 1.29 is 19.4 Å². The second-order valence-electron chi connectivity index (χ2n) is 8.16. The van der Waals surface area contributed by atoms with Gasteiger partial charge in [-0.2, -0.15) is 0 Å². The Kier molecular flexibility index (Phi) is 6.60. The van der Waals surface area contributed by atoms with Gasteiger partial charge in [-0.15, -0.1) is 0 Å². The number of likely N-dealkylation sites (tertiary alicyclic amines) is 1. The van der Waals surface area contributed by atoms with Gasteiger partial charge >= 0.3 is 5.97 Å². The molecule has 1 saturated heterocycles. The van der Waals surface area contributed by atoms with Gasteiger partial charge in [0.2, 0.25) is 0 Å². The molecule has 2 aromatic carbocycles. The first kappa shape index (κ1) is 21.8. The Labute approximate surface area is 187 Å². The number of amides is 1. The van der Waals surface area contributed by atoms with Crippen molar-refractivity contribution in [1.29, 1.82) is 0 Å². The van der Waals surface area contributed by atoms with Crippen LogP contribution in [0.4, 0.5) is 0 Å². The van der Waals surface area contributed by atoms with E-state index in [9.17, 15) is 14.7 Å². The van der Waals surface area contributed by atoms with Crippen molar-refractivity contribution >= 4 is 23.5 Å². The standard InChI is InChI=1S/C24H27ClN2O4/c1-31-22(17-8-9-19(24(29)30)20(25)14-17)23(28)27-13-10-16-6-2-3-7-18(16)21(27)15-26-11-4-5-12-26/h2-3,6-9,14,21-22H,4-5,10-13,15H2,1H3,(H,29,30). The molecule has 2 aliphatic heterocycles. The van der Waals surface area contributed by atoms with E-state index in [2.05, 4.69) is 17.0 Å². The molecule has 0 bridgehead atoms. The lowest BCUT2D eigenvalue weighted by Crippen LogP contribution is -2.46. The summed E-state index contributed by atoms with van der Waals surface area (Å²) in [4.78, 5) is 29.3. The van der Waals surface area contributed by atoms with Crippen LogP contribution in [-0.2, 0) is 16.0 Å².